The van der Waals surface area contributed by atoms with E-state index in [0.29, 0.717) is 0 Å². The Hall–Kier alpha value is -3.65. The van der Waals surface area contributed by atoms with E-state index in [-0.39, 0.29) is 34.1 Å². The van der Waals surface area contributed by atoms with E-state index < -0.39 is 32.8 Å². The number of halogens is 4. The van der Waals surface area contributed by atoms with Crippen molar-refractivity contribution in [3.8, 4) is 22.9 Å². The average Bonchev–Trinajstić information content (AvgIpc) is 2.68. The van der Waals surface area contributed by atoms with Crippen LogP contribution in [-0.2, 0) is 16.7 Å². The maximum Gasteiger partial charge on any atom is 0.534 e. The molecule has 1 aromatic heterocycles. The van der Waals surface area contributed by atoms with Gasteiger partial charge in [-0.05, 0) is 35.9 Å². The molecule has 160 valence electrons. The van der Waals surface area contributed by atoms with Crippen LogP contribution in [0.5, 0.6) is 5.75 Å². The third kappa shape index (κ3) is 4.02. The fourth-order valence-electron chi connectivity index (χ4n) is 3.01. The van der Waals surface area contributed by atoms with Gasteiger partial charge in [0.2, 0.25) is 0 Å². The van der Waals surface area contributed by atoms with Crippen LogP contribution in [0.15, 0.2) is 59.9 Å². The number of aromatic nitrogens is 1. The summed E-state index contributed by atoms with van der Waals surface area (Å²) in [7, 11) is -5.97. The minimum Gasteiger partial charge on any atom is -0.376 e. The van der Waals surface area contributed by atoms with Gasteiger partial charge < -0.3 is 4.18 Å². The highest BCUT2D eigenvalue weighted by Crippen LogP contribution is 2.34. The number of hydrogen-bond acceptors (Lipinski definition) is 5. The maximum atomic E-state index is 13.9. The van der Waals surface area contributed by atoms with Gasteiger partial charge in [-0.25, -0.2) is 4.39 Å². The molecule has 3 rings (SSSR count). The van der Waals surface area contributed by atoms with Crippen LogP contribution in [0, 0.1) is 17.1 Å². The molecule has 0 amide bonds. The van der Waals surface area contributed by atoms with E-state index in [0.717, 1.165) is 34.9 Å². The second-order valence-corrected chi connectivity index (χ2v) is 7.78. The molecular formula is C20H12F4N2O4S. The monoisotopic (exact) mass is 452 g/mol. The number of alkyl halides is 3. The SMILES string of the molecule is C=CCn1c(C#N)c(-c2cccc(F)c2)c2cc(OS(=O)(=O)C(F)(F)F)ccc2c1=O. The third-order valence-corrected chi connectivity index (χ3v) is 5.24. The van der Waals surface area contributed by atoms with Crippen molar-refractivity contribution in [2.75, 3.05) is 0 Å². The summed E-state index contributed by atoms with van der Waals surface area (Å²) < 4.78 is 79.8. The highest BCUT2D eigenvalue weighted by molar-refractivity contribution is 7.88. The Labute approximate surface area is 173 Å². The first-order valence-corrected chi connectivity index (χ1v) is 9.89. The van der Waals surface area contributed by atoms with Crippen molar-refractivity contribution >= 4 is 20.9 Å². The summed E-state index contributed by atoms with van der Waals surface area (Å²) >= 11 is 0. The zero-order valence-corrected chi connectivity index (χ0v) is 16.3. The van der Waals surface area contributed by atoms with Crippen LogP contribution in [0.25, 0.3) is 21.9 Å². The quantitative estimate of drug-likeness (QED) is 0.252. The van der Waals surface area contributed by atoms with Gasteiger partial charge in [-0.1, -0.05) is 18.2 Å². The lowest BCUT2D eigenvalue weighted by Crippen LogP contribution is -2.28. The van der Waals surface area contributed by atoms with E-state index in [1.165, 1.54) is 18.2 Å². The summed E-state index contributed by atoms with van der Waals surface area (Å²) in [5.74, 6) is -1.39. The normalized spacial score (nSPS) is 11.8. The fourth-order valence-corrected chi connectivity index (χ4v) is 3.46. The molecule has 3 aromatic rings. The molecule has 6 nitrogen and oxygen atoms in total. The van der Waals surface area contributed by atoms with Crippen LogP contribution in [0.4, 0.5) is 17.6 Å². The van der Waals surface area contributed by atoms with Gasteiger partial charge in [0.25, 0.3) is 5.56 Å². The second kappa shape index (κ2) is 7.88. The van der Waals surface area contributed by atoms with Gasteiger partial charge in [0.05, 0.1) is 0 Å². The molecule has 0 radical (unpaired) electrons. The maximum absolute atomic E-state index is 13.9. The highest BCUT2D eigenvalue weighted by atomic mass is 32.2. The van der Waals surface area contributed by atoms with Crippen molar-refractivity contribution in [1.29, 1.82) is 5.26 Å². The number of pyridine rings is 1. The summed E-state index contributed by atoms with van der Waals surface area (Å²) in [5.41, 5.74) is -6.38. The molecule has 0 aliphatic rings. The molecule has 0 saturated heterocycles. The number of hydrogen-bond donors (Lipinski definition) is 0. The second-order valence-electron chi connectivity index (χ2n) is 6.24. The van der Waals surface area contributed by atoms with E-state index in [4.69, 9.17) is 0 Å². The molecular weight excluding hydrogens is 440 g/mol. The lowest BCUT2D eigenvalue weighted by Gasteiger charge is -2.16. The summed E-state index contributed by atoms with van der Waals surface area (Å²) in [4.78, 5) is 12.9. The number of allylic oxidation sites excluding steroid dienone is 1. The van der Waals surface area contributed by atoms with E-state index >= 15 is 0 Å². The standard InChI is InChI=1S/C20H12F4N2O4S/c1-2-8-26-17(11-25)18(12-4-3-5-13(21)9-12)16-10-14(6-7-15(16)19(26)27)30-31(28,29)20(22,23)24/h2-7,9-10H,1,8H2. The molecule has 2 aromatic carbocycles. The van der Waals surface area contributed by atoms with Crippen molar-refractivity contribution in [2.24, 2.45) is 0 Å². The first-order valence-electron chi connectivity index (χ1n) is 8.48. The Bertz CT molecular complexity index is 1400. The molecule has 11 heteroatoms. The summed E-state index contributed by atoms with van der Waals surface area (Å²) in [6.45, 7) is 3.46. The third-order valence-electron chi connectivity index (χ3n) is 4.26. The van der Waals surface area contributed by atoms with Gasteiger partial charge in [-0.2, -0.15) is 26.9 Å². The lowest BCUT2D eigenvalue weighted by molar-refractivity contribution is -0.0500. The topological polar surface area (TPSA) is 89.2 Å². The first kappa shape index (κ1) is 22.0. The minimum absolute atomic E-state index is 0.0216. The van der Waals surface area contributed by atoms with Crippen LogP contribution in [0.2, 0.25) is 0 Å². The van der Waals surface area contributed by atoms with E-state index in [2.05, 4.69) is 10.8 Å². The summed E-state index contributed by atoms with van der Waals surface area (Å²) in [6.07, 6.45) is 1.36. The van der Waals surface area contributed by atoms with Gasteiger partial charge in [-0.15, -0.1) is 6.58 Å². The van der Waals surface area contributed by atoms with Crippen molar-refractivity contribution in [2.45, 2.75) is 12.1 Å². The summed E-state index contributed by atoms with van der Waals surface area (Å²) in [6, 6.07) is 9.67. The van der Waals surface area contributed by atoms with Gasteiger partial charge in [0.1, 0.15) is 23.3 Å². The van der Waals surface area contributed by atoms with Crippen LogP contribution < -0.4 is 9.74 Å². The minimum atomic E-state index is -5.97. The predicted molar refractivity (Wildman–Crippen MR) is 104 cm³/mol. The van der Waals surface area contributed by atoms with Gasteiger partial charge in [0, 0.05) is 22.9 Å². The average molecular weight is 452 g/mol. The van der Waals surface area contributed by atoms with E-state index in [9.17, 15) is 36.0 Å². The largest absolute Gasteiger partial charge is 0.534 e. The Kier molecular flexibility index (Phi) is 5.61. The highest BCUT2D eigenvalue weighted by Gasteiger charge is 2.48. The molecule has 1 heterocycles. The summed E-state index contributed by atoms with van der Waals surface area (Å²) in [5, 5.41) is 9.56. The zero-order chi connectivity index (χ0) is 23.0. The van der Waals surface area contributed by atoms with Crippen molar-refractivity contribution in [3.05, 3.63) is 77.0 Å². The Morgan fingerprint density at radius 1 is 1.16 bits per heavy atom. The predicted octanol–water partition coefficient (Wildman–Crippen LogP) is 4.09. The van der Waals surface area contributed by atoms with Crippen molar-refractivity contribution < 1.29 is 30.2 Å². The molecule has 0 spiro atoms. The Morgan fingerprint density at radius 2 is 1.87 bits per heavy atom. The van der Waals surface area contributed by atoms with Crippen LogP contribution in [-0.4, -0.2) is 18.5 Å². The number of nitriles is 1. The first-order chi connectivity index (χ1) is 14.5. The molecule has 0 N–H and O–H groups in total. The van der Waals surface area contributed by atoms with Gasteiger partial charge >= 0.3 is 15.6 Å². The molecule has 0 atom stereocenters. The molecule has 31 heavy (non-hydrogen) atoms. The number of benzene rings is 2. The molecule has 0 fully saturated rings. The lowest BCUT2D eigenvalue weighted by atomic mass is 9.96. The Morgan fingerprint density at radius 3 is 2.45 bits per heavy atom. The Balaban J connectivity index is 2.41. The van der Waals surface area contributed by atoms with Crippen molar-refractivity contribution in [1.82, 2.24) is 4.57 Å². The van der Waals surface area contributed by atoms with Gasteiger partial charge in [0.15, 0.2) is 0 Å². The van der Waals surface area contributed by atoms with Gasteiger partial charge in [-0.3, -0.25) is 9.36 Å². The fraction of sp³-hybridized carbons (Fsp3) is 0.100. The smallest absolute Gasteiger partial charge is 0.376 e. The van der Waals surface area contributed by atoms with Crippen LogP contribution in [0.1, 0.15) is 5.69 Å². The van der Waals surface area contributed by atoms with E-state index in [1.54, 1.807) is 0 Å². The number of fused-ring (bicyclic) bond motifs is 1. The van der Waals surface area contributed by atoms with Crippen LogP contribution in [0.3, 0.4) is 0 Å². The van der Waals surface area contributed by atoms with Crippen LogP contribution >= 0.6 is 0 Å². The molecule has 0 bridgehead atoms. The molecule has 0 aliphatic carbocycles. The van der Waals surface area contributed by atoms with E-state index in [1.807, 2.05) is 6.07 Å². The number of nitrogens with zero attached hydrogens (tertiary/aromatic N) is 2. The molecule has 0 unspecified atom stereocenters. The molecule has 0 aliphatic heterocycles. The van der Waals surface area contributed by atoms with Crippen molar-refractivity contribution in [3.63, 3.8) is 0 Å². The molecule has 0 saturated carbocycles. The number of rotatable bonds is 5. The zero-order valence-electron chi connectivity index (χ0n) is 15.5.